The van der Waals surface area contributed by atoms with Crippen molar-refractivity contribution in [2.75, 3.05) is 5.32 Å². The first-order valence-corrected chi connectivity index (χ1v) is 6.84. The van der Waals surface area contributed by atoms with Gasteiger partial charge in [-0.3, -0.25) is 9.59 Å². The number of carboxylic acids is 1. The third kappa shape index (κ3) is 5.20. The number of carbonyl (C=O) groups is 2. The Hall–Kier alpha value is -1.86. The van der Waals surface area contributed by atoms with Crippen molar-refractivity contribution in [2.45, 2.75) is 26.7 Å². The molecule has 0 heterocycles. The molecule has 4 N–H and O–H groups in total. The molecule has 2 unspecified atom stereocenters. The highest BCUT2D eigenvalue weighted by Crippen LogP contribution is 2.17. The van der Waals surface area contributed by atoms with Gasteiger partial charge < -0.3 is 20.5 Å². The number of aliphatic carboxylic acids is 1. The standard InChI is InChI=1S/C14H20BNO5/c1-3-10(14(18)19)7-9(2)13(17)16-12-6-4-5-11(8-12)15(20)21/h4-6,8-10,20-21H,3,7H2,1-2H3,(H,16,17)(H,18,19). The molecule has 0 saturated heterocycles. The van der Waals surface area contributed by atoms with E-state index < -0.39 is 24.9 Å². The first kappa shape index (κ1) is 17.2. The van der Waals surface area contributed by atoms with Crippen molar-refractivity contribution in [3.63, 3.8) is 0 Å². The topological polar surface area (TPSA) is 107 Å². The lowest BCUT2D eigenvalue weighted by Crippen LogP contribution is -2.30. The largest absolute Gasteiger partial charge is 0.488 e. The summed E-state index contributed by atoms with van der Waals surface area (Å²) in [5.74, 6) is -2.19. The molecule has 1 aromatic rings. The van der Waals surface area contributed by atoms with Gasteiger partial charge in [0.2, 0.25) is 5.91 Å². The zero-order valence-corrected chi connectivity index (χ0v) is 12.1. The maximum atomic E-state index is 12.0. The van der Waals surface area contributed by atoms with Gasteiger partial charge in [0, 0.05) is 11.6 Å². The minimum absolute atomic E-state index is 0.264. The zero-order chi connectivity index (χ0) is 16.0. The van der Waals surface area contributed by atoms with Gasteiger partial charge in [-0.2, -0.15) is 0 Å². The van der Waals surface area contributed by atoms with Crippen LogP contribution in [0.5, 0.6) is 0 Å². The number of carboxylic acid groups (broad SMARTS) is 1. The smallest absolute Gasteiger partial charge is 0.481 e. The lowest BCUT2D eigenvalue weighted by molar-refractivity contribution is -0.142. The third-order valence-corrected chi connectivity index (χ3v) is 3.38. The first-order valence-electron chi connectivity index (χ1n) is 6.84. The van der Waals surface area contributed by atoms with E-state index in [0.717, 1.165) is 0 Å². The molecule has 0 aliphatic rings. The molecule has 1 aromatic carbocycles. The fraction of sp³-hybridized carbons (Fsp3) is 0.429. The molecule has 7 heteroatoms. The van der Waals surface area contributed by atoms with Crippen molar-refractivity contribution in [2.24, 2.45) is 11.8 Å². The molecule has 21 heavy (non-hydrogen) atoms. The number of hydrogen-bond acceptors (Lipinski definition) is 4. The Kier molecular flexibility index (Phi) is 6.39. The Morgan fingerprint density at radius 3 is 2.52 bits per heavy atom. The molecule has 0 fully saturated rings. The molecule has 1 rings (SSSR count). The van der Waals surface area contributed by atoms with Gasteiger partial charge in [0.15, 0.2) is 0 Å². The van der Waals surface area contributed by atoms with E-state index in [-0.39, 0.29) is 17.8 Å². The van der Waals surface area contributed by atoms with Crippen molar-refractivity contribution in [1.29, 1.82) is 0 Å². The van der Waals surface area contributed by atoms with Gasteiger partial charge in [0.1, 0.15) is 0 Å². The number of amides is 1. The Labute approximate surface area is 123 Å². The summed E-state index contributed by atoms with van der Waals surface area (Å²) in [7, 11) is -1.60. The Morgan fingerprint density at radius 1 is 1.33 bits per heavy atom. The summed E-state index contributed by atoms with van der Waals surface area (Å²) in [5, 5.41) is 29.8. The van der Waals surface area contributed by atoms with Gasteiger partial charge in [0.05, 0.1) is 5.92 Å². The molecule has 6 nitrogen and oxygen atoms in total. The van der Waals surface area contributed by atoms with E-state index in [0.29, 0.717) is 12.1 Å². The highest BCUT2D eigenvalue weighted by molar-refractivity contribution is 6.58. The third-order valence-electron chi connectivity index (χ3n) is 3.38. The predicted molar refractivity (Wildman–Crippen MR) is 80.1 cm³/mol. The second-order valence-corrected chi connectivity index (χ2v) is 5.07. The summed E-state index contributed by atoms with van der Waals surface area (Å²) >= 11 is 0. The first-order chi connectivity index (χ1) is 9.85. The van der Waals surface area contributed by atoms with Crippen LogP contribution in [0.4, 0.5) is 5.69 Å². The summed E-state index contributed by atoms with van der Waals surface area (Å²) in [6, 6.07) is 6.22. The van der Waals surface area contributed by atoms with Crippen molar-refractivity contribution in [1.82, 2.24) is 0 Å². The number of anilines is 1. The van der Waals surface area contributed by atoms with Gasteiger partial charge in [-0.15, -0.1) is 0 Å². The summed E-state index contributed by atoms with van der Waals surface area (Å²) in [5.41, 5.74) is 0.721. The van der Waals surface area contributed by atoms with E-state index in [4.69, 9.17) is 15.2 Å². The van der Waals surface area contributed by atoms with Crippen LogP contribution in [-0.4, -0.2) is 34.1 Å². The molecule has 0 spiro atoms. The van der Waals surface area contributed by atoms with Crippen LogP contribution < -0.4 is 10.8 Å². The maximum absolute atomic E-state index is 12.0. The second-order valence-electron chi connectivity index (χ2n) is 5.07. The van der Waals surface area contributed by atoms with Crippen molar-refractivity contribution < 1.29 is 24.7 Å². The Balaban J connectivity index is 2.68. The van der Waals surface area contributed by atoms with Crippen molar-refractivity contribution in [3.8, 4) is 0 Å². The van der Waals surface area contributed by atoms with Gasteiger partial charge >= 0.3 is 13.1 Å². The lowest BCUT2D eigenvalue weighted by Gasteiger charge is -2.16. The minimum atomic E-state index is -1.60. The van der Waals surface area contributed by atoms with Crippen LogP contribution in [0.25, 0.3) is 0 Å². The highest BCUT2D eigenvalue weighted by Gasteiger charge is 2.23. The highest BCUT2D eigenvalue weighted by atomic mass is 16.4. The van der Waals surface area contributed by atoms with Crippen LogP contribution >= 0.6 is 0 Å². The molecule has 0 aliphatic heterocycles. The van der Waals surface area contributed by atoms with Gasteiger partial charge in [-0.1, -0.05) is 26.0 Å². The maximum Gasteiger partial charge on any atom is 0.488 e. The molecular formula is C14H20BNO5. The number of hydrogen-bond donors (Lipinski definition) is 4. The number of carbonyl (C=O) groups excluding carboxylic acids is 1. The number of rotatable bonds is 7. The monoisotopic (exact) mass is 293 g/mol. The number of benzene rings is 1. The lowest BCUT2D eigenvalue weighted by atomic mass is 9.80. The molecule has 0 saturated carbocycles. The van der Waals surface area contributed by atoms with Crippen molar-refractivity contribution >= 4 is 30.1 Å². The van der Waals surface area contributed by atoms with Gasteiger partial charge in [0.25, 0.3) is 0 Å². The minimum Gasteiger partial charge on any atom is -0.481 e. The van der Waals surface area contributed by atoms with E-state index >= 15 is 0 Å². The average molecular weight is 293 g/mol. The second kappa shape index (κ2) is 7.80. The van der Waals surface area contributed by atoms with Crippen LogP contribution in [0.15, 0.2) is 24.3 Å². The van der Waals surface area contributed by atoms with E-state index in [2.05, 4.69) is 5.32 Å². The summed E-state index contributed by atoms with van der Waals surface area (Å²) in [6.07, 6.45) is 0.735. The van der Waals surface area contributed by atoms with Gasteiger partial charge in [-0.05, 0) is 30.4 Å². The fourth-order valence-electron chi connectivity index (χ4n) is 2.02. The molecule has 2 atom stereocenters. The van der Waals surface area contributed by atoms with E-state index in [1.807, 2.05) is 0 Å². The SMILES string of the molecule is CCC(CC(C)C(=O)Nc1cccc(B(O)O)c1)C(=O)O. The van der Waals surface area contributed by atoms with Crippen LogP contribution in [0, 0.1) is 11.8 Å². The van der Waals surface area contributed by atoms with E-state index in [1.54, 1.807) is 26.0 Å². The molecule has 0 bridgehead atoms. The summed E-state index contributed by atoms with van der Waals surface area (Å²) in [4.78, 5) is 23.0. The summed E-state index contributed by atoms with van der Waals surface area (Å²) < 4.78 is 0. The fourth-order valence-corrected chi connectivity index (χ4v) is 2.02. The predicted octanol–water partition coefficient (Wildman–Crippen LogP) is 0.442. The summed E-state index contributed by atoms with van der Waals surface area (Å²) in [6.45, 7) is 3.45. The van der Waals surface area contributed by atoms with Crippen LogP contribution in [-0.2, 0) is 9.59 Å². The zero-order valence-electron chi connectivity index (χ0n) is 12.1. The van der Waals surface area contributed by atoms with Crippen molar-refractivity contribution in [3.05, 3.63) is 24.3 Å². The Morgan fingerprint density at radius 2 is 2.00 bits per heavy atom. The molecular weight excluding hydrogens is 273 g/mol. The van der Waals surface area contributed by atoms with Gasteiger partial charge in [-0.25, -0.2) is 0 Å². The Bertz CT molecular complexity index is 506. The molecule has 0 radical (unpaired) electrons. The molecule has 114 valence electrons. The van der Waals surface area contributed by atoms with E-state index in [9.17, 15) is 9.59 Å². The molecule has 0 aliphatic carbocycles. The quantitative estimate of drug-likeness (QED) is 0.546. The average Bonchev–Trinajstić information content (AvgIpc) is 2.44. The normalized spacial score (nSPS) is 13.3. The molecule has 1 amide bonds. The van der Waals surface area contributed by atoms with Crippen LogP contribution in [0.2, 0.25) is 0 Å². The van der Waals surface area contributed by atoms with Crippen LogP contribution in [0.1, 0.15) is 26.7 Å². The molecule has 0 aromatic heterocycles. The number of nitrogens with one attached hydrogen (secondary N) is 1. The van der Waals surface area contributed by atoms with Crippen LogP contribution in [0.3, 0.4) is 0 Å². The van der Waals surface area contributed by atoms with E-state index in [1.165, 1.54) is 12.1 Å².